The van der Waals surface area contributed by atoms with E-state index in [2.05, 4.69) is 5.32 Å². The summed E-state index contributed by atoms with van der Waals surface area (Å²) in [4.78, 5) is 28.6. The van der Waals surface area contributed by atoms with Crippen LogP contribution in [0, 0.1) is 0 Å². The average Bonchev–Trinajstić information content (AvgIpc) is 2.97. The minimum Gasteiger partial charge on any atom is -0.508 e. The van der Waals surface area contributed by atoms with Crippen LogP contribution < -0.4 is 10.2 Å². The molecule has 0 fully saturated rings. The largest absolute Gasteiger partial charge is 0.508 e. The van der Waals surface area contributed by atoms with Crippen molar-refractivity contribution in [2.45, 2.75) is 6.04 Å². The van der Waals surface area contributed by atoms with Gasteiger partial charge in [0.2, 0.25) is 0 Å². The number of carbonyl (C=O) groups excluding carboxylic acids is 2. The lowest BCUT2D eigenvalue weighted by Gasteiger charge is -2.31. The maximum absolute atomic E-state index is 13.1. The van der Waals surface area contributed by atoms with E-state index in [-0.39, 0.29) is 17.7 Å². The fourth-order valence-corrected chi connectivity index (χ4v) is 3.30. The number of urea groups is 1. The average molecular weight is 335 g/mol. The molecule has 126 valence electrons. The number of aromatic hydroxyl groups is 1. The van der Waals surface area contributed by atoms with Crippen molar-refractivity contribution in [2.75, 3.05) is 18.5 Å². The molecule has 0 unspecified atom stereocenters. The number of amides is 3. The van der Waals surface area contributed by atoms with Crippen molar-refractivity contribution >= 4 is 17.6 Å². The van der Waals surface area contributed by atoms with Crippen molar-refractivity contribution in [3.63, 3.8) is 0 Å². The van der Waals surface area contributed by atoms with Crippen LogP contribution >= 0.6 is 0 Å². The van der Waals surface area contributed by atoms with Crippen LogP contribution in [0.3, 0.4) is 0 Å². The molecule has 3 amide bonds. The van der Waals surface area contributed by atoms with E-state index >= 15 is 0 Å². The van der Waals surface area contributed by atoms with E-state index in [9.17, 15) is 14.7 Å². The summed E-state index contributed by atoms with van der Waals surface area (Å²) >= 11 is 0. The molecule has 0 saturated heterocycles. The molecule has 2 aliphatic heterocycles. The van der Waals surface area contributed by atoms with Crippen LogP contribution in [0.4, 0.5) is 10.5 Å². The van der Waals surface area contributed by atoms with Gasteiger partial charge in [0.15, 0.2) is 0 Å². The topological polar surface area (TPSA) is 72.9 Å². The monoisotopic (exact) mass is 335 g/mol. The van der Waals surface area contributed by atoms with Crippen LogP contribution in [0.15, 0.2) is 65.9 Å². The second-order valence-electron chi connectivity index (χ2n) is 6.12. The zero-order valence-electron chi connectivity index (χ0n) is 13.6. The molecule has 0 radical (unpaired) electrons. The van der Waals surface area contributed by atoms with Gasteiger partial charge in [0.25, 0.3) is 5.91 Å². The molecule has 6 heteroatoms. The molecular weight excluding hydrogens is 318 g/mol. The highest BCUT2D eigenvalue weighted by Crippen LogP contribution is 2.37. The summed E-state index contributed by atoms with van der Waals surface area (Å²) in [5.41, 5.74) is 2.83. The fourth-order valence-electron chi connectivity index (χ4n) is 3.30. The predicted octanol–water partition coefficient (Wildman–Crippen LogP) is 2.39. The number of anilines is 1. The molecule has 0 spiro atoms. The van der Waals surface area contributed by atoms with E-state index < -0.39 is 6.04 Å². The summed E-state index contributed by atoms with van der Waals surface area (Å²) in [6, 6.07) is 15.2. The van der Waals surface area contributed by atoms with Crippen LogP contribution in [-0.4, -0.2) is 35.5 Å². The molecule has 2 aromatic carbocycles. The standard InChI is InChI=1S/C19H17N3O3/c1-21-15-11-22(13-5-3-2-4-6-13)18(24)16(15)17(20-19(21)25)12-7-9-14(23)10-8-12/h2-10,17,23H,11H2,1H3,(H,20,25)/t17-/m0/s1. The Bertz CT molecular complexity index is 875. The molecule has 1 atom stereocenters. The molecule has 0 saturated carbocycles. The van der Waals surface area contributed by atoms with E-state index in [1.165, 1.54) is 4.90 Å². The minimum atomic E-state index is -0.527. The Kier molecular flexibility index (Phi) is 3.46. The van der Waals surface area contributed by atoms with Crippen molar-refractivity contribution < 1.29 is 14.7 Å². The van der Waals surface area contributed by atoms with E-state index in [1.807, 2.05) is 30.3 Å². The highest BCUT2D eigenvalue weighted by atomic mass is 16.3. The molecule has 2 N–H and O–H groups in total. The van der Waals surface area contributed by atoms with E-state index in [1.54, 1.807) is 36.2 Å². The van der Waals surface area contributed by atoms with Crippen LogP contribution in [0.25, 0.3) is 0 Å². The highest BCUT2D eigenvalue weighted by molar-refractivity contribution is 6.11. The third-order valence-corrected chi connectivity index (χ3v) is 4.65. The number of hydrogen-bond donors (Lipinski definition) is 2. The summed E-state index contributed by atoms with van der Waals surface area (Å²) in [7, 11) is 1.67. The molecule has 4 rings (SSSR count). The zero-order valence-corrected chi connectivity index (χ0v) is 13.6. The van der Waals surface area contributed by atoms with Crippen molar-refractivity contribution in [3.05, 3.63) is 71.4 Å². The number of phenols is 1. The van der Waals surface area contributed by atoms with Gasteiger partial charge in [-0.3, -0.25) is 9.69 Å². The Morgan fingerprint density at radius 2 is 1.72 bits per heavy atom. The van der Waals surface area contributed by atoms with Crippen molar-refractivity contribution in [3.8, 4) is 5.75 Å². The summed E-state index contributed by atoms with van der Waals surface area (Å²) in [5.74, 6) is 0.0204. The summed E-state index contributed by atoms with van der Waals surface area (Å²) in [6.07, 6.45) is 0. The molecule has 0 aromatic heterocycles. The number of nitrogens with zero attached hydrogens (tertiary/aromatic N) is 2. The Morgan fingerprint density at radius 3 is 2.40 bits per heavy atom. The first-order valence-corrected chi connectivity index (χ1v) is 7.99. The van der Waals surface area contributed by atoms with Gasteiger partial charge in [-0.25, -0.2) is 4.79 Å². The van der Waals surface area contributed by atoms with Gasteiger partial charge in [0.05, 0.1) is 23.9 Å². The molecule has 6 nitrogen and oxygen atoms in total. The number of likely N-dealkylation sites (N-methyl/N-ethyl adjacent to an activating group) is 1. The van der Waals surface area contributed by atoms with Crippen molar-refractivity contribution in [1.82, 2.24) is 10.2 Å². The lowest BCUT2D eigenvalue weighted by Crippen LogP contribution is -2.45. The molecule has 0 aliphatic carbocycles. The van der Waals surface area contributed by atoms with E-state index in [4.69, 9.17) is 0 Å². The lowest BCUT2D eigenvalue weighted by molar-refractivity contribution is -0.114. The summed E-state index contributed by atoms with van der Waals surface area (Å²) in [6.45, 7) is 0.358. The van der Waals surface area contributed by atoms with Gasteiger partial charge in [-0.1, -0.05) is 30.3 Å². The predicted molar refractivity (Wildman–Crippen MR) is 93.0 cm³/mol. The Balaban J connectivity index is 1.77. The Labute approximate surface area is 145 Å². The van der Waals surface area contributed by atoms with Gasteiger partial charge in [-0.15, -0.1) is 0 Å². The van der Waals surface area contributed by atoms with Gasteiger partial charge in [-0.05, 0) is 29.8 Å². The molecular formula is C19H17N3O3. The zero-order chi connectivity index (χ0) is 17.6. The van der Waals surface area contributed by atoms with Gasteiger partial charge in [0.1, 0.15) is 5.75 Å². The number of hydrogen-bond acceptors (Lipinski definition) is 3. The van der Waals surface area contributed by atoms with Gasteiger partial charge >= 0.3 is 6.03 Å². The van der Waals surface area contributed by atoms with Crippen molar-refractivity contribution in [2.24, 2.45) is 0 Å². The SMILES string of the molecule is CN1C(=O)N[C@@H](c2ccc(O)cc2)C2=C1CN(c1ccccc1)C2=O. The van der Waals surface area contributed by atoms with Gasteiger partial charge < -0.3 is 15.3 Å². The molecule has 0 bridgehead atoms. The maximum atomic E-state index is 13.1. The first kappa shape index (κ1) is 15.3. The fraction of sp³-hybridized carbons (Fsp3) is 0.158. The number of carbonyl (C=O) groups is 2. The third-order valence-electron chi connectivity index (χ3n) is 4.65. The molecule has 25 heavy (non-hydrogen) atoms. The Morgan fingerprint density at radius 1 is 1.04 bits per heavy atom. The Hall–Kier alpha value is -3.28. The normalized spacial score (nSPS) is 20.0. The summed E-state index contributed by atoms with van der Waals surface area (Å²) < 4.78 is 0. The van der Waals surface area contributed by atoms with E-state index in [0.29, 0.717) is 17.8 Å². The van der Waals surface area contributed by atoms with Crippen LogP contribution in [0.5, 0.6) is 5.75 Å². The second-order valence-corrected chi connectivity index (χ2v) is 6.12. The third kappa shape index (κ3) is 2.42. The first-order chi connectivity index (χ1) is 12.1. The minimum absolute atomic E-state index is 0.119. The number of rotatable bonds is 2. The van der Waals surface area contributed by atoms with Crippen molar-refractivity contribution in [1.29, 1.82) is 0 Å². The van der Waals surface area contributed by atoms with Crippen LogP contribution in [0.2, 0.25) is 0 Å². The van der Waals surface area contributed by atoms with Gasteiger partial charge in [0, 0.05) is 12.7 Å². The second kappa shape index (κ2) is 5.66. The molecule has 2 heterocycles. The van der Waals surface area contributed by atoms with Gasteiger partial charge in [-0.2, -0.15) is 0 Å². The van der Waals surface area contributed by atoms with E-state index in [0.717, 1.165) is 11.3 Å². The van der Waals surface area contributed by atoms with Crippen LogP contribution in [0.1, 0.15) is 11.6 Å². The lowest BCUT2D eigenvalue weighted by atomic mass is 9.95. The summed E-state index contributed by atoms with van der Waals surface area (Å²) in [5, 5.41) is 12.4. The number of benzene rings is 2. The first-order valence-electron chi connectivity index (χ1n) is 7.99. The quantitative estimate of drug-likeness (QED) is 0.885. The molecule has 2 aliphatic rings. The highest BCUT2D eigenvalue weighted by Gasteiger charge is 2.43. The van der Waals surface area contributed by atoms with Crippen LogP contribution in [-0.2, 0) is 4.79 Å². The number of nitrogens with one attached hydrogen (secondary N) is 1. The smallest absolute Gasteiger partial charge is 0.322 e. The number of phenolic OH excluding ortho intramolecular Hbond substituents is 1. The maximum Gasteiger partial charge on any atom is 0.322 e. The number of para-hydroxylation sites is 1. The molecule has 2 aromatic rings.